The van der Waals surface area contributed by atoms with Gasteiger partial charge in [-0.3, -0.25) is 0 Å². The number of halogens is 4. The third kappa shape index (κ3) is 9.68. The van der Waals surface area contributed by atoms with Gasteiger partial charge in [0.1, 0.15) is 11.6 Å². The van der Waals surface area contributed by atoms with E-state index in [4.69, 9.17) is 4.74 Å². The van der Waals surface area contributed by atoms with Crippen LogP contribution in [0.15, 0.2) is 47.1 Å². The monoisotopic (exact) mass is 532 g/mol. The molecule has 1 aromatic heterocycles. The van der Waals surface area contributed by atoms with E-state index >= 15 is 0 Å². The number of pyridine rings is 1. The van der Waals surface area contributed by atoms with Gasteiger partial charge in [0.2, 0.25) is 0 Å². The summed E-state index contributed by atoms with van der Waals surface area (Å²) in [7, 11) is 0. The molecule has 0 aliphatic rings. The molecule has 1 heterocycles. The molecule has 0 spiro atoms. The average Bonchev–Trinajstić information content (AvgIpc) is 2.73. The van der Waals surface area contributed by atoms with E-state index in [1.807, 2.05) is 24.3 Å². The van der Waals surface area contributed by atoms with E-state index in [-0.39, 0.29) is 6.42 Å². The summed E-state index contributed by atoms with van der Waals surface area (Å²) in [6, 6.07) is 11.1. The van der Waals surface area contributed by atoms with Crippen molar-refractivity contribution in [3.63, 3.8) is 0 Å². The lowest BCUT2D eigenvalue weighted by Crippen LogP contribution is -2.28. The molecule has 2 rings (SSSR count). The summed E-state index contributed by atoms with van der Waals surface area (Å²) in [5, 5.41) is 3.19. The second kappa shape index (κ2) is 11.9. The van der Waals surface area contributed by atoms with Crippen molar-refractivity contribution >= 4 is 33.7 Å². The molecule has 0 saturated carbocycles. The maximum absolute atomic E-state index is 12.1. The van der Waals surface area contributed by atoms with Crippen molar-refractivity contribution in [1.29, 1.82) is 0 Å². The largest absolute Gasteiger partial charge is 0.495 e. The van der Waals surface area contributed by atoms with Gasteiger partial charge in [0.05, 0.1) is 13.0 Å². The fourth-order valence-corrected chi connectivity index (χ4v) is 3.33. The highest BCUT2D eigenvalue weighted by atomic mass is 79.9. The molecular formula is C22H24BrF3N2O5. The molecule has 11 heteroatoms. The van der Waals surface area contributed by atoms with Gasteiger partial charge < -0.3 is 10.1 Å². The summed E-state index contributed by atoms with van der Waals surface area (Å²) in [4.78, 5) is 34.1. The topological polar surface area (TPSA) is 86.8 Å². The number of alkyl halides is 3. The van der Waals surface area contributed by atoms with Crippen molar-refractivity contribution in [2.24, 2.45) is 5.41 Å². The van der Waals surface area contributed by atoms with Gasteiger partial charge in [-0.05, 0) is 48.1 Å². The maximum Gasteiger partial charge on any atom is 0.495 e. The lowest BCUT2D eigenvalue weighted by atomic mass is 9.83. The van der Waals surface area contributed by atoms with Crippen molar-refractivity contribution in [2.45, 2.75) is 39.3 Å². The van der Waals surface area contributed by atoms with Crippen molar-refractivity contribution in [3.05, 3.63) is 52.6 Å². The standard InChI is InChI=1S/C22H24BrF3N2O5/c1-21(2,14-19(29)32-33-20(30)22(24,25)26)13-15-7-8-16(12-17(15)23)31-11-5-10-28-18-6-3-4-9-27-18/h3-4,6-9,12H,5,10-11,13-14H2,1-2H3,(H,27,28). The highest BCUT2D eigenvalue weighted by Crippen LogP contribution is 2.32. The van der Waals surface area contributed by atoms with Crippen LogP contribution in [0.5, 0.6) is 5.75 Å². The molecule has 2 aromatic rings. The van der Waals surface area contributed by atoms with Crippen LogP contribution in [0.3, 0.4) is 0 Å². The van der Waals surface area contributed by atoms with E-state index in [1.54, 1.807) is 32.2 Å². The first kappa shape index (κ1) is 26.4. The van der Waals surface area contributed by atoms with E-state index in [0.717, 1.165) is 22.3 Å². The molecule has 180 valence electrons. The number of hydrogen-bond acceptors (Lipinski definition) is 7. The van der Waals surface area contributed by atoms with Gasteiger partial charge in [0, 0.05) is 17.2 Å². The molecule has 1 N–H and O–H groups in total. The number of nitrogens with zero attached hydrogens (tertiary/aromatic N) is 1. The van der Waals surface area contributed by atoms with Crippen LogP contribution in [0.2, 0.25) is 0 Å². The van der Waals surface area contributed by atoms with Gasteiger partial charge >= 0.3 is 18.1 Å². The average molecular weight is 533 g/mol. The lowest BCUT2D eigenvalue weighted by Gasteiger charge is -2.24. The maximum atomic E-state index is 12.1. The smallest absolute Gasteiger partial charge is 0.493 e. The van der Waals surface area contributed by atoms with Crippen LogP contribution in [-0.4, -0.2) is 36.3 Å². The minimum Gasteiger partial charge on any atom is -0.493 e. The predicted octanol–water partition coefficient (Wildman–Crippen LogP) is 5.25. The van der Waals surface area contributed by atoms with E-state index in [2.05, 4.69) is 36.0 Å². The Balaban J connectivity index is 1.78. The predicted molar refractivity (Wildman–Crippen MR) is 117 cm³/mol. The summed E-state index contributed by atoms with van der Waals surface area (Å²) < 4.78 is 42.8. The minimum atomic E-state index is -5.24. The first-order valence-corrected chi connectivity index (χ1v) is 10.8. The number of anilines is 1. The zero-order chi connectivity index (χ0) is 24.5. The van der Waals surface area contributed by atoms with Crippen LogP contribution >= 0.6 is 15.9 Å². The number of hydrogen-bond donors (Lipinski definition) is 1. The molecule has 1 aromatic carbocycles. The third-order valence-corrected chi connectivity index (χ3v) is 5.06. The number of nitrogens with one attached hydrogen (secondary N) is 1. The summed E-state index contributed by atoms with van der Waals surface area (Å²) in [6.45, 7) is 4.69. The van der Waals surface area contributed by atoms with Crippen LogP contribution in [0, 0.1) is 5.41 Å². The number of ether oxygens (including phenoxy) is 1. The van der Waals surface area contributed by atoms with Gasteiger partial charge in [0.25, 0.3) is 0 Å². The molecule has 0 aliphatic carbocycles. The fraction of sp³-hybridized carbons (Fsp3) is 0.409. The lowest BCUT2D eigenvalue weighted by molar-refractivity contribution is -0.286. The number of benzene rings is 1. The van der Waals surface area contributed by atoms with Crippen molar-refractivity contribution in [1.82, 2.24) is 4.98 Å². The zero-order valence-corrected chi connectivity index (χ0v) is 19.7. The van der Waals surface area contributed by atoms with Gasteiger partial charge in [-0.1, -0.05) is 41.9 Å². The molecule has 0 amide bonds. The number of aromatic nitrogens is 1. The quantitative estimate of drug-likeness (QED) is 0.254. The van der Waals surface area contributed by atoms with Crippen LogP contribution in [-0.2, 0) is 25.8 Å². The highest BCUT2D eigenvalue weighted by Gasteiger charge is 2.43. The Labute approximate surface area is 197 Å². The van der Waals surface area contributed by atoms with Crippen molar-refractivity contribution < 1.29 is 37.3 Å². The van der Waals surface area contributed by atoms with Gasteiger partial charge in [0.15, 0.2) is 0 Å². The Kier molecular flexibility index (Phi) is 9.51. The Morgan fingerprint density at radius 1 is 1.12 bits per heavy atom. The van der Waals surface area contributed by atoms with Gasteiger partial charge in [-0.2, -0.15) is 13.2 Å². The van der Waals surface area contributed by atoms with Crippen LogP contribution in [0.4, 0.5) is 19.0 Å². The van der Waals surface area contributed by atoms with Crippen LogP contribution < -0.4 is 10.1 Å². The van der Waals surface area contributed by atoms with Crippen molar-refractivity contribution in [3.8, 4) is 5.75 Å². The molecule has 33 heavy (non-hydrogen) atoms. The summed E-state index contributed by atoms with van der Waals surface area (Å²) in [5.41, 5.74) is 0.188. The molecule has 0 fully saturated rings. The molecule has 7 nitrogen and oxygen atoms in total. The van der Waals surface area contributed by atoms with Gasteiger partial charge in [-0.25, -0.2) is 24.3 Å². The summed E-state index contributed by atoms with van der Waals surface area (Å²) in [6.07, 6.45) is -2.61. The second-order valence-electron chi connectivity index (χ2n) is 7.94. The normalized spacial score (nSPS) is 11.6. The molecule has 0 aliphatic heterocycles. The first-order valence-electron chi connectivity index (χ1n) is 10.0. The van der Waals surface area contributed by atoms with Crippen molar-refractivity contribution in [2.75, 3.05) is 18.5 Å². The zero-order valence-electron chi connectivity index (χ0n) is 18.1. The SMILES string of the molecule is CC(C)(CC(=O)OOC(=O)C(F)(F)F)Cc1ccc(OCCCNc2ccccn2)cc1Br. The number of carbonyl (C=O) groups is 2. The molecule has 0 atom stereocenters. The molecular weight excluding hydrogens is 509 g/mol. The molecule has 0 bridgehead atoms. The Hall–Kier alpha value is -2.82. The molecule has 0 unspecified atom stereocenters. The Morgan fingerprint density at radius 3 is 2.52 bits per heavy atom. The van der Waals surface area contributed by atoms with Gasteiger partial charge in [-0.15, -0.1) is 0 Å². The number of rotatable bonds is 10. The minimum absolute atomic E-state index is 0.258. The fourth-order valence-electron chi connectivity index (χ4n) is 2.84. The molecule has 0 radical (unpaired) electrons. The molecule has 0 saturated heterocycles. The van der Waals surface area contributed by atoms with Crippen LogP contribution in [0.1, 0.15) is 32.3 Å². The summed E-state index contributed by atoms with van der Waals surface area (Å²) >= 11 is 3.48. The Morgan fingerprint density at radius 2 is 1.88 bits per heavy atom. The van der Waals surface area contributed by atoms with Crippen LogP contribution in [0.25, 0.3) is 0 Å². The van der Waals surface area contributed by atoms with E-state index in [9.17, 15) is 22.8 Å². The third-order valence-electron chi connectivity index (χ3n) is 4.32. The first-order chi connectivity index (χ1) is 15.5. The summed E-state index contributed by atoms with van der Waals surface area (Å²) in [5.74, 6) is -2.19. The number of carbonyl (C=O) groups excluding carboxylic acids is 2. The Bertz CT molecular complexity index is 939. The highest BCUT2D eigenvalue weighted by molar-refractivity contribution is 9.10. The van der Waals surface area contributed by atoms with E-state index < -0.39 is 23.5 Å². The van der Waals surface area contributed by atoms with E-state index in [1.165, 1.54) is 0 Å². The van der Waals surface area contributed by atoms with E-state index in [0.29, 0.717) is 25.3 Å². The second-order valence-corrected chi connectivity index (χ2v) is 8.79.